The van der Waals surface area contributed by atoms with Crippen molar-refractivity contribution >= 4 is 17.7 Å². The summed E-state index contributed by atoms with van der Waals surface area (Å²) in [6, 6.07) is 7.26. The largest absolute Gasteiger partial charge is 0.441 e. The number of ether oxygens (including phenoxy) is 1. The molecule has 2 N–H and O–H groups in total. The van der Waals surface area contributed by atoms with Crippen LogP contribution in [-0.4, -0.2) is 59.0 Å². The molecule has 5 rings (SSSR count). The third kappa shape index (κ3) is 5.74. The number of H-pyrrole nitrogens is 1. The van der Waals surface area contributed by atoms with E-state index in [-0.39, 0.29) is 5.92 Å². The number of piperidine rings is 1. The molecule has 0 saturated carbocycles. The predicted octanol–water partition coefficient (Wildman–Crippen LogP) is 4.36. The number of amides is 1. The first-order chi connectivity index (χ1) is 17.8. The van der Waals surface area contributed by atoms with Crippen molar-refractivity contribution in [2.45, 2.75) is 45.6 Å². The standard InChI is InChI=1S/C25H28FN9O2/c1-15-9-21(30-22-10-16(2)32-33-22)31-24(29-15)19-5-4-8-34(13-19)25(36)37-17(3)18-6-7-23(27-11-18)35-14-20(26)12-28-35/h6-7,9-12,14,17,19H,4-5,8,13H2,1-3H3,(H2,29,30,31,32,33)/t17-,19-/m1/s1. The highest BCUT2D eigenvalue weighted by atomic mass is 19.1. The van der Waals surface area contributed by atoms with Crippen LogP contribution >= 0.6 is 0 Å². The van der Waals surface area contributed by atoms with E-state index < -0.39 is 18.0 Å². The lowest BCUT2D eigenvalue weighted by Gasteiger charge is -2.32. The lowest BCUT2D eigenvalue weighted by molar-refractivity contribution is 0.0610. The smallest absolute Gasteiger partial charge is 0.410 e. The molecule has 0 aliphatic carbocycles. The van der Waals surface area contributed by atoms with Gasteiger partial charge in [0.15, 0.2) is 17.5 Å². The summed E-state index contributed by atoms with van der Waals surface area (Å²) in [7, 11) is 0. The summed E-state index contributed by atoms with van der Waals surface area (Å²) in [5.41, 5.74) is 2.51. The van der Waals surface area contributed by atoms with Crippen molar-refractivity contribution in [1.29, 1.82) is 0 Å². The highest BCUT2D eigenvalue weighted by Gasteiger charge is 2.29. The molecule has 11 nitrogen and oxygen atoms in total. The molecular formula is C25H28FN9O2. The topological polar surface area (TPSA) is 127 Å². The second-order valence-electron chi connectivity index (χ2n) is 9.18. The fraction of sp³-hybridized carbons (Fsp3) is 0.360. The summed E-state index contributed by atoms with van der Waals surface area (Å²) in [6.45, 7) is 6.72. The van der Waals surface area contributed by atoms with E-state index in [0.717, 1.165) is 36.0 Å². The van der Waals surface area contributed by atoms with E-state index in [1.807, 2.05) is 26.0 Å². The maximum atomic E-state index is 13.2. The number of carbonyl (C=O) groups excluding carboxylic acids is 1. The molecule has 2 atom stereocenters. The number of hydrogen-bond acceptors (Lipinski definition) is 8. The van der Waals surface area contributed by atoms with Crippen molar-refractivity contribution in [2.75, 3.05) is 18.4 Å². The lowest BCUT2D eigenvalue weighted by atomic mass is 9.97. The number of rotatable bonds is 6. The van der Waals surface area contributed by atoms with Crippen molar-refractivity contribution in [1.82, 2.24) is 39.8 Å². The minimum absolute atomic E-state index is 0.00612. The summed E-state index contributed by atoms with van der Waals surface area (Å²) in [6.07, 6.45) is 4.76. The Morgan fingerprint density at radius 3 is 2.78 bits per heavy atom. The number of anilines is 2. The summed E-state index contributed by atoms with van der Waals surface area (Å²) < 4.78 is 20.3. The fourth-order valence-corrected chi connectivity index (χ4v) is 4.30. The number of pyridine rings is 1. The molecule has 0 unspecified atom stereocenters. The Balaban J connectivity index is 1.22. The summed E-state index contributed by atoms with van der Waals surface area (Å²) in [5.74, 6) is 2.06. The molecular weight excluding hydrogens is 477 g/mol. The van der Waals surface area contributed by atoms with E-state index in [1.165, 1.54) is 10.9 Å². The monoisotopic (exact) mass is 505 g/mol. The summed E-state index contributed by atoms with van der Waals surface area (Å²) in [4.78, 5) is 28.3. The number of aromatic amines is 1. The van der Waals surface area contributed by atoms with E-state index in [1.54, 1.807) is 30.2 Å². The minimum atomic E-state index is -0.507. The van der Waals surface area contributed by atoms with Crippen LogP contribution in [0.2, 0.25) is 0 Å². The van der Waals surface area contributed by atoms with Gasteiger partial charge in [-0.3, -0.25) is 5.10 Å². The highest BCUT2D eigenvalue weighted by Crippen LogP contribution is 2.28. The molecule has 1 amide bonds. The number of carbonyl (C=O) groups is 1. The van der Waals surface area contributed by atoms with Crippen molar-refractivity contribution in [3.8, 4) is 5.82 Å². The molecule has 192 valence electrons. The zero-order valence-electron chi connectivity index (χ0n) is 20.8. The summed E-state index contributed by atoms with van der Waals surface area (Å²) >= 11 is 0. The van der Waals surface area contributed by atoms with Crippen molar-refractivity contribution in [3.63, 3.8) is 0 Å². The van der Waals surface area contributed by atoms with Gasteiger partial charge in [-0.1, -0.05) is 6.07 Å². The van der Waals surface area contributed by atoms with Crippen molar-refractivity contribution in [2.24, 2.45) is 0 Å². The van der Waals surface area contributed by atoms with Crippen LogP contribution in [0.15, 0.2) is 42.9 Å². The molecule has 4 aromatic heterocycles. The maximum Gasteiger partial charge on any atom is 0.410 e. The van der Waals surface area contributed by atoms with Crippen LogP contribution in [0, 0.1) is 19.7 Å². The normalized spacial score (nSPS) is 16.4. The SMILES string of the molecule is Cc1cc(Nc2cc(C)[nH]n2)nc([C@@H]2CCCN(C(=O)O[C@H](C)c3ccc(-n4cc(F)cn4)nc3)C2)n1. The van der Waals surface area contributed by atoms with Crippen LogP contribution in [0.5, 0.6) is 0 Å². The van der Waals surface area contributed by atoms with Crippen molar-refractivity contribution < 1.29 is 13.9 Å². The molecule has 0 bridgehead atoms. The fourth-order valence-electron chi connectivity index (χ4n) is 4.30. The van der Waals surface area contributed by atoms with Gasteiger partial charge >= 0.3 is 6.09 Å². The number of aryl methyl sites for hydroxylation is 2. The summed E-state index contributed by atoms with van der Waals surface area (Å²) in [5, 5.41) is 14.2. The highest BCUT2D eigenvalue weighted by molar-refractivity contribution is 5.68. The zero-order valence-corrected chi connectivity index (χ0v) is 20.8. The number of nitrogens with one attached hydrogen (secondary N) is 2. The third-order valence-corrected chi connectivity index (χ3v) is 6.18. The average Bonchev–Trinajstić information content (AvgIpc) is 3.51. The molecule has 37 heavy (non-hydrogen) atoms. The van der Waals surface area contributed by atoms with Crippen LogP contribution < -0.4 is 5.32 Å². The first-order valence-corrected chi connectivity index (χ1v) is 12.1. The Morgan fingerprint density at radius 2 is 2.08 bits per heavy atom. The van der Waals surface area contributed by atoms with E-state index in [2.05, 4.69) is 30.6 Å². The van der Waals surface area contributed by atoms with Gasteiger partial charge in [-0.05, 0) is 39.7 Å². The van der Waals surface area contributed by atoms with E-state index in [4.69, 9.17) is 9.72 Å². The Morgan fingerprint density at radius 1 is 1.22 bits per heavy atom. The lowest BCUT2D eigenvalue weighted by Crippen LogP contribution is -2.40. The van der Waals surface area contributed by atoms with E-state index >= 15 is 0 Å². The van der Waals surface area contributed by atoms with Gasteiger partial charge in [0.1, 0.15) is 17.7 Å². The quantitative estimate of drug-likeness (QED) is 0.396. The van der Waals surface area contributed by atoms with Gasteiger partial charge in [-0.15, -0.1) is 0 Å². The Hall–Kier alpha value is -4.35. The van der Waals surface area contributed by atoms with Gasteiger partial charge in [-0.2, -0.15) is 10.2 Å². The number of aromatic nitrogens is 7. The van der Waals surface area contributed by atoms with Crippen LogP contribution in [0.4, 0.5) is 20.8 Å². The van der Waals surface area contributed by atoms with E-state index in [0.29, 0.717) is 36.4 Å². The van der Waals surface area contributed by atoms with Crippen LogP contribution in [0.1, 0.15) is 54.6 Å². The Kier molecular flexibility index (Phi) is 6.80. The van der Waals surface area contributed by atoms with E-state index in [9.17, 15) is 9.18 Å². The molecule has 4 aromatic rings. The average molecular weight is 506 g/mol. The zero-order chi connectivity index (χ0) is 25.9. The molecule has 1 fully saturated rings. The van der Waals surface area contributed by atoms with Gasteiger partial charge in [0.2, 0.25) is 0 Å². The second kappa shape index (κ2) is 10.3. The molecule has 0 aromatic carbocycles. The van der Waals surface area contributed by atoms with Gasteiger partial charge in [0.05, 0.1) is 12.4 Å². The number of hydrogen-bond donors (Lipinski definition) is 2. The molecule has 5 heterocycles. The van der Waals surface area contributed by atoms with Gasteiger partial charge < -0.3 is 15.0 Å². The number of likely N-dealkylation sites (tertiary alicyclic amines) is 1. The van der Waals surface area contributed by atoms with Gasteiger partial charge in [0.25, 0.3) is 0 Å². The van der Waals surface area contributed by atoms with Gasteiger partial charge in [-0.25, -0.2) is 28.8 Å². The van der Waals surface area contributed by atoms with Crippen LogP contribution in [-0.2, 0) is 4.74 Å². The molecule has 0 spiro atoms. The first-order valence-electron chi connectivity index (χ1n) is 12.1. The van der Waals surface area contributed by atoms with Crippen LogP contribution in [0.3, 0.4) is 0 Å². The number of halogens is 1. The maximum absolute atomic E-state index is 13.2. The molecule has 1 saturated heterocycles. The minimum Gasteiger partial charge on any atom is -0.441 e. The molecule has 12 heteroatoms. The third-order valence-electron chi connectivity index (χ3n) is 6.18. The molecule has 1 aliphatic rings. The molecule has 0 radical (unpaired) electrons. The second-order valence-corrected chi connectivity index (χ2v) is 9.18. The van der Waals surface area contributed by atoms with Gasteiger partial charge in [0, 0.05) is 54.3 Å². The van der Waals surface area contributed by atoms with Crippen LogP contribution in [0.25, 0.3) is 5.82 Å². The Labute approximate surface area is 213 Å². The molecule has 1 aliphatic heterocycles. The predicted molar refractivity (Wildman–Crippen MR) is 133 cm³/mol. The van der Waals surface area contributed by atoms with Crippen molar-refractivity contribution in [3.05, 3.63) is 71.4 Å². The Bertz CT molecular complexity index is 1390. The first kappa shape index (κ1) is 24.3. The number of nitrogens with zero attached hydrogens (tertiary/aromatic N) is 7.